The van der Waals surface area contributed by atoms with Crippen molar-refractivity contribution in [3.05, 3.63) is 65.9 Å². The number of aromatic carboxylic acids is 1. The monoisotopic (exact) mass is 321 g/mol. The lowest BCUT2D eigenvalue weighted by molar-refractivity contribution is 0.0697. The van der Waals surface area contributed by atoms with E-state index in [0.717, 1.165) is 5.52 Å². The smallest absolute Gasteiger partial charge is 0.335 e. The summed E-state index contributed by atoms with van der Waals surface area (Å²) in [5.74, 6) is -0.646. The van der Waals surface area contributed by atoms with Gasteiger partial charge in [0.2, 0.25) is 0 Å². The van der Waals surface area contributed by atoms with Crippen LogP contribution in [0.5, 0.6) is 0 Å². The van der Waals surface area contributed by atoms with Gasteiger partial charge in [-0.2, -0.15) is 0 Å². The minimum absolute atomic E-state index is 0.0862. The molecule has 118 valence electrons. The number of nitrogens with zero attached hydrogens (tertiary/aromatic N) is 3. The van der Waals surface area contributed by atoms with Crippen LogP contribution in [0, 0.1) is 0 Å². The van der Waals surface area contributed by atoms with E-state index in [1.54, 1.807) is 6.33 Å². The van der Waals surface area contributed by atoms with Crippen LogP contribution in [0.3, 0.4) is 0 Å². The van der Waals surface area contributed by atoms with Crippen molar-refractivity contribution in [3.63, 3.8) is 0 Å². The van der Waals surface area contributed by atoms with Crippen LogP contribution in [0.15, 0.2) is 64.6 Å². The van der Waals surface area contributed by atoms with Crippen LogP contribution in [0.2, 0.25) is 0 Å². The predicted octanol–water partition coefficient (Wildman–Crippen LogP) is 2.74. The van der Waals surface area contributed by atoms with Gasteiger partial charge in [0.25, 0.3) is 0 Å². The number of fused-ring (bicyclic) bond motifs is 2. The third-order valence-electron chi connectivity index (χ3n) is 3.77. The molecule has 7 heteroatoms. The molecule has 0 aliphatic carbocycles. The Balaban J connectivity index is 1.96. The molecule has 0 bridgehead atoms. The highest BCUT2D eigenvalue weighted by atomic mass is 16.4. The second kappa shape index (κ2) is 5.24. The third kappa shape index (κ3) is 2.19. The molecule has 4 rings (SSSR count). The second-order valence-corrected chi connectivity index (χ2v) is 5.23. The molecule has 0 spiro atoms. The molecule has 2 N–H and O–H groups in total. The van der Waals surface area contributed by atoms with Crippen molar-refractivity contribution < 1.29 is 19.5 Å². The Hall–Kier alpha value is -3.61. The van der Waals surface area contributed by atoms with Crippen LogP contribution in [0.25, 0.3) is 27.9 Å². The molecule has 1 aromatic carbocycles. The van der Waals surface area contributed by atoms with Gasteiger partial charge < -0.3 is 19.1 Å². The van der Waals surface area contributed by atoms with Crippen molar-refractivity contribution in [1.82, 2.24) is 9.38 Å². The topological polar surface area (TPSA) is 100 Å². The molecule has 0 radical (unpaired) electrons. The molecule has 7 nitrogen and oxygen atoms in total. The number of carboxylic acids is 1. The summed E-state index contributed by atoms with van der Waals surface area (Å²) in [4.78, 5) is 15.4. The highest BCUT2D eigenvalue weighted by molar-refractivity contribution is 5.92. The minimum Gasteiger partial charge on any atom is -0.478 e. The molecule has 0 unspecified atom stereocenters. The molecule has 0 saturated carbocycles. The van der Waals surface area contributed by atoms with Crippen LogP contribution in [0.4, 0.5) is 0 Å². The van der Waals surface area contributed by atoms with Crippen molar-refractivity contribution >= 4 is 22.5 Å². The Morgan fingerprint density at radius 2 is 2.08 bits per heavy atom. The Morgan fingerprint density at radius 3 is 2.88 bits per heavy atom. The summed E-state index contributed by atoms with van der Waals surface area (Å²) in [5.41, 5.74) is 2.01. The zero-order valence-corrected chi connectivity index (χ0v) is 12.2. The van der Waals surface area contributed by atoms with Crippen molar-refractivity contribution in [1.29, 1.82) is 0 Å². The van der Waals surface area contributed by atoms with Gasteiger partial charge in [-0.25, -0.2) is 9.78 Å². The fourth-order valence-electron chi connectivity index (χ4n) is 2.58. The van der Waals surface area contributed by atoms with E-state index in [1.807, 2.05) is 28.8 Å². The lowest BCUT2D eigenvalue weighted by atomic mass is 10.1. The van der Waals surface area contributed by atoms with E-state index in [4.69, 9.17) is 9.52 Å². The maximum atomic E-state index is 11.1. The summed E-state index contributed by atoms with van der Waals surface area (Å²) < 4.78 is 7.68. The average molecular weight is 321 g/mol. The summed E-state index contributed by atoms with van der Waals surface area (Å²) >= 11 is 0. The Morgan fingerprint density at radius 1 is 1.21 bits per heavy atom. The molecular formula is C17H11N3O4. The number of hydrogen-bond donors (Lipinski definition) is 2. The first-order chi connectivity index (χ1) is 11.7. The summed E-state index contributed by atoms with van der Waals surface area (Å²) in [6.45, 7) is 0. The first-order valence-corrected chi connectivity index (χ1v) is 7.08. The number of carbonyl (C=O) groups is 1. The van der Waals surface area contributed by atoms with Crippen molar-refractivity contribution in [2.75, 3.05) is 0 Å². The maximum absolute atomic E-state index is 11.1. The quantitative estimate of drug-likeness (QED) is 0.437. The van der Waals surface area contributed by atoms with Gasteiger partial charge in [-0.1, -0.05) is 5.16 Å². The number of aromatic nitrogens is 2. The average Bonchev–Trinajstić information content (AvgIpc) is 3.07. The van der Waals surface area contributed by atoms with E-state index in [2.05, 4.69) is 10.1 Å². The van der Waals surface area contributed by atoms with E-state index < -0.39 is 5.97 Å². The van der Waals surface area contributed by atoms with Crippen LogP contribution in [-0.2, 0) is 0 Å². The lowest BCUT2D eigenvalue weighted by Crippen LogP contribution is -2.06. The number of rotatable bonds is 2. The second-order valence-electron chi connectivity index (χ2n) is 5.23. The summed E-state index contributed by atoms with van der Waals surface area (Å²) in [6, 6.07) is 11.6. The van der Waals surface area contributed by atoms with E-state index in [9.17, 15) is 10.0 Å². The summed E-state index contributed by atoms with van der Waals surface area (Å²) in [5, 5.41) is 22.2. The van der Waals surface area contributed by atoms with Crippen LogP contribution in [-0.4, -0.2) is 25.7 Å². The summed E-state index contributed by atoms with van der Waals surface area (Å²) in [6.07, 6.45) is 3.54. The van der Waals surface area contributed by atoms with E-state index in [0.29, 0.717) is 22.4 Å². The number of carboxylic acid groups (broad SMARTS) is 1. The Kier molecular flexibility index (Phi) is 3.06. The maximum Gasteiger partial charge on any atom is 0.335 e. The standard InChI is InChI=1S/C17H11N3O4/c21-17(22)10-3-4-15-12(6-10)13(19-23)8-16(24-15)14-7-11-2-1-5-20(11)9-18-14/h1-9,23H,(H,21,22)/b19-13+. The minimum atomic E-state index is -1.06. The predicted molar refractivity (Wildman–Crippen MR) is 84.7 cm³/mol. The van der Waals surface area contributed by atoms with Gasteiger partial charge in [0.15, 0.2) is 5.76 Å². The normalized spacial score (nSPS) is 12.1. The van der Waals surface area contributed by atoms with Crippen LogP contribution >= 0.6 is 0 Å². The van der Waals surface area contributed by atoms with E-state index in [-0.39, 0.29) is 10.9 Å². The van der Waals surface area contributed by atoms with Gasteiger partial charge in [0, 0.05) is 23.2 Å². The van der Waals surface area contributed by atoms with Crippen molar-refractivity contribution in [2.24, 2.45) is 5.16 Å². The third-order valence-corrected chi connectivity index (χ3v) is 3.77. The summed E-state index contributed by atoms with van der Waals surface area (Å²) in [7, 11) is 0. The van der Waals surface area contributed by atoms with Gasteiger partial charge in [0.1, 0.15) is 16.6 Å². The highest BCUT2D eigenvalue weighted by Gasteiger charge is 2.11. The van der Waals surface area contributed by atoms with Crippen LogP contribution in [0.1, 0.15) is 10.4 Å². The first kappa shape index (κ1) is 14.0. The van der Waals surface area contributed by atoms with Gasteiger partial charge in [-0.3, -0.25) is 0 Å². The lowest BCUT2D eigenvalue weighted by Gasteiger charge is -2.05. The highest BCUT2D eigenvalue weighted by Crippen LogP contribution is 2.22. The molecule has 0 fully saturated rings. The molecule has 0 saturated heterocycles. The fourth-order valence-corrected chi connectivity index (χ4v) is 2.58. The molecule has 3 aromatic heterocycles. The number of benzene rings is 1. The molecule has 0 amide bonds. The Bertz CT molecular complexity index is 1160. The van der Waals surface area contributed by atoms with Gasteiger partial charge in [-0.15, -0.1) is 0 Å². The zero-order valence-electron chi connectivity index (χ0n) is 12.2. The molecule has 3 heterocycles. The van der Waals surface area contributed by atoms with Gasteiger partial charge in [0.05, 0.1) is 11.9 Å². The van der Waals surface area contributed by atoms with E-state index in [1.165, 1.54) is 24.3 Å². The van der Waals surface area contributed by atoms with Crippen molar-refractivity contribution in [2.45, 2.75) is 0 Å². The molecule has 4 aromatic rings. The molecule has 0 atom stereocenters. The first-order valence-electron chi connectivity index (χ1n) is 7.08. The van der Waals surface area contributed by atoms with E-state index >= 15 is 0 Å². The van der Waals surface area contributed by atoms with Gasteiger partial charge >= 0.3 is 5.97 Å². The van der Waals surface area contributed by atoms with Crippen molar-refractivity contribution in [3.8, 4) is 11.5 Å². The van der Waals surface area contributed by atoms with Crippen LogP contribution < -0.4 is 5.36 Å². The SMILES string of the molecule is O=C(O)c1ccc2oc(-c3cc4cccn4cn3)c/c(=N\O)c2c1. The zero-order chi connectivity index (χ0) is 16.7. The molecule has 0 aliphatic rings. The number of hydrogen-bond acceptors (Lipinski definition) is 5. The largest absolute Gasteiger partial charge is 0.478 e. The molecular weight excluding hydrogens is 310 g/mol. The van der Waals surface area contributed by atoms with Gasteiger partial charge in [-0.05, 0) is 36.4 Å². The molecule has 24 heavy (non-hydrogen) atoms. The molecule has 0 aliphatic heterocycles. The fraction of sp³-hybridized carbons (Fsp3) is 0. The Labute approximate surface area is 134 Å².